The summed E-state index contributed by atoms with van der Waals surface area (Å²) in [6.07, 6.45) is 3.36. The van der Waals surface area contributed by atoms with Crippen LogP contribution in [0, 0.1) is 0 Å². The van der Waals surface area contributed by atoms with E-state index in [2.05, 4.69) is 59.0 Å². The molecule has 220 valence electrons. The smallest absolute Gasteiger partial charge is 0.319 e. The number of thioether (sulfide) groups is 1. The molecule has 1 saturated carbocycles. The number of hydrogen-bond donors (Lipinski definition) is 4. The molecule has 3 aromatic rings. The summed E-state index contributed by atoms with van der Waals surface area (Å²) in [5.41, 5.74) is 2.55. The van der Waals surface area contributed by atoms with E-state index in [1.807, 2.05) is 68.9 Å². The first-order chi connectivity index (χ1) is 18.0. The van der Waals surface area contributed by atoms with E-state index in [9.17, 15) is 9.90 Å². The molecule has 1 heterocycles. The Kier molecular flexibility index (Phi) is 17.4. The molecule has 9 nitrogen and oxygen atoms in total. The van der Waals surface area contributed by atoms with Gasteiger partial charge in [-0.2, -0.15) is 0 Å². The maximum Gasteiger partial charge on any atom is 0.319 e. The molecule has 1 aliphatic rings. The number of hydrogen-bond acceptors (Lipinski definition) is 6. The normalized spacial score (nSPS) is 12.1. The minimum absolute atomic E-state index is 0. The predicted octanol–water partition coefficient (Wildman–Crippen LogP) is 5.76. The van der Waals surface area contributed by atoms with E-state index in [-0.39, 0.29) is 31.2 Å². The van der Waals surface area contributed by atoms with Crippen LogP contribution in [0.1, 0.15) is 62.4 Å². The van der Waals surface area contributed by atoms with Crippen molar-refractivity contribution in [3.8, 4) is 11.4 Å². The number of aliphatic hydroxyl groups is 1. The minimum atomic E-state index is -0.234. The van der Waals surface area contributed by atoms with Gasteiger partial charge in [-0.3, -0.25) is 0 Å². The van der Waals surface area contributed by atoms with Gasteiger partial charge in [-0.05, 0) is 56.2 Å². The summed E-state index contributed by atoms with van der Waals surface area (Å²) in [6.45, 7) is 11.1. The van der Waals surface area contributed by atoms with E-state index in [1.165, 1.54) is 11.3 Å². The maximum atomic E-state index is 11.7. The molecule has 0 unspecified atom stereocenters. The molecule has 0 bridgehead atoms. The summed E-state index contributed by atoms with van der Waals surface area (Å²) >= 11 is 1.84. The van der Waals surface area contributed by atoms with Crippen LogP contribution in [-0.4, -0.2) is 51.8 Å². The molecule has 10 heteroatoms. The zero-order chi connectivity index (χ0) is 27.1. The Balaban J connectivity index is -0.00000151. The fraction of sp³-hybridized carbons (Fsp3) is 0.414. The number of carbonyl (C=O) groups is 1. The van der Waals surface area contributed by atoms with Crippen LogP contribution >= 0.6 is 11.8 Å². The van der Waals surface area contributed by atoms with Crippen LogP contribution in [0.4, 0.5) is 16.3 Å². The van der Waals surface area contributed by atoms with Crippen molar-refractivity contribution >= 4 is 29.3 Å². The number of nitrogens with one attached hydrogen (secondary N) is 3. The largest absolute Gasteiger partial charge is 0.412 e. The molecule has 0 radical (unpaired) electrons. The first kappa shape index (κ1) is 35.8. The van der Waals surface area contributed by atoms with Crippen molar-refractivity contribution in [3.05, 3.63) is 66.4 Å². The number of aliphatic hydroxyl groups excluding tert-OH is 1. The number of benzene rings is 2. The number of anilines is 2. The van der Waals surface area contributed by atoms with Crippen molar-refractivity contribution in [2.75, 3.05) is 30.3 Å². The van der Waals surface area contributed by atoms with Gasteiger partial charge >= 0.3 is 6.03 Å². The van der Waals surface area contributed by atoms with Crippen LogP contribution in [-0.2, 0) is 4.75 Å². The molecule has 0 saturated heterocycles. The zero-order valence-electron chi connectivity index (χ0n) is 23.7. The van der Waals surface area contributed by atoms with Crippen molar-refractivity contribution in [1.29, 1.82) is 0 Å². The molecule has 0 aliphatic heterocycles. The van der Waals surface area contributed by atoms with Crippen LogP contribution in [0.2, 0.25) is 0 Å². The third-order valence-corrected chi connectivity index (χ3v) is 6.63. The lowest BCUT2D eigenvalue weighted by Gasteiger charge is -2.17. The van der Waals surface area contributed by atoms with Gasteiger partial charge in [0.05, 0.1) is 17.0 Å². The van der Waals surface area contributed by atoms with Gasteiger partial charge in [0.2, 0.25) is 0 Å². The molecule has 1 aliphatic carbocycles. The summed E-state index contributed by atoms with van der Waals surface area (Å²) in [6, 6.07) is 19.6. The van der Waals surface area contributed by atoms with E-state index in [0.29, 0.717) is 30.4 Å². The lowest BCUT2D eigenvalue weighted by atomic mass is 10.1. The topological polar surface area (TPSA) is 162 Å². The summed E-state index contributed by atoms with van der Waals surface area (Å²) in [4.78, 5) is 22.6. The first-order valence-corrected chi connectivity index (χ1v) is 14.0. The number of aromatic nitrogens is 2. The lowest BCUT2D eigenvalue weighted by Crippen LogP contribution is -2.28. The second-order valence-electron chi connectivity index (χ2n) is 8.29. The van der Waals surface area contributed by atoms with Gasteiger partial charge in [0.15, 0.2) is 5.82 Å². The fourth-order valence-corrected chi connectivity index (χ4v) is 4.62. The molecular formula is C29H49N5O4S. The SMILES string of the molecule is CC.CCC.CCNC(=O)Nc1ccc(-c2nc(NCCO)cc(C3(Sc4ccccc4)CC3)n2)cc1.O.O.[HH].[HH]. The first-order valence-electron chi connectivity index (χ1n) is 13.2. The standard InChI is InChI=1S/C24H27N5O2S.C3H8.C2H6.2H2O.2H2/c1-2-25-23(31)27-18-10-8-17(9-11-18)22-28-20(16-21(29-22)26-14-15-30)24(12-13-24)32-19-6-4-3-5-7-19;1-3-2;1-2;;;;/h3-11,16,30H,2,12-15H2,1H3,(H2,25,27,31)(H,26,28,29);3H2,1-2H3;1-2H3;2*1H2;2*1H. The molecule has 39 heavy (non-hydrogen) atoms. The van der Waals surface area contributed by atoms with Gasteiger partial charge in [-0.15, -0.1) is 11.8 Å². The molecule has 0 spiro atoms. The Morgan fingerprint density at radius 3 is 2.15 bits per heavy atom. The van der Waals surface area contributed by atoms with Crippen molar-refractivity contribution < 1.29 is 23.7 Å². The quantitative estimate of drug-likeness (QED) is 0.259. The highest BCUT2D eigenvalue weighted by molar-refractivity contribution is 8.00. The number of urea groups is 1. The number of rotatable bonds is 9. The molecule has 8 N–H and O–H groups in total. The van der Waals surface area contributed by atoms with Gasteiger partial charge < -0.3 is 32.0 Å². The Bertz CT molecular complexity index is 1090. The lowest BCUT2D eigenvalue weighted by molar-refractivity contribution is 0.252. The van der Waals surface area contributed by atoms with Crippen molar-refractivity contribution in [2.45, 2.75) is 63.5 Å². The number of carbonyl (C=O) groups excluding carboxylic acids is 1. The van der Waals surface area contributed by atoms with Gasteiger partial charge in [-0.1, -0.05) is 52.3 Å². The summed E-state index contributed by atoms with van der Waals surface area (Å²) in [5, 5.41) is 17.9. The highest BCUT2D eigenvalue weighted by Gasteiger charge is 2.47. The highest BCUT2D eigenvalue weighted by atomic mass is 32.2. The van der Waals surface area contributed by atoms with Crippen molar-refractivity contribution in [2.24, 2.45) is 0 Å². The van der Waals surface area contributed by atoms with E-state index < -0.39 is 0 Å². The number of amides is 2. The molecule has 4 rings (SSSR count). The molecule has 1 aromatic heterocycles. The Hall–Kier alpha value is -3.18. The summed E-state index contributed by atoms with van der Waals surface area (Å²) < 4.78 is -0.0611. The molecule has 0 atom stereocenters. The predicted molar refractivity (Wildman–Crippen MR) is 168 cm³/mol. The average molecular weight is 564 g/mol. The Labute approximate surface area is 239 Å². The van der Waals surface area contributed by atoms with E-state index in [4.69, 9.17) is 4.98 Å². The third-order valence-electron chi connectivity index (χ3n) is 5.11. The summed E-state index contributed by atoms with van der Waals surface area (Å²) in [7, 11) is 0. The van der Waals surface area contributed by atoms with E-state index in [0.717, 1.165) is 24.1 Å². The monoisotopic (exact) mass is 563 g/mol. The molecular weight excluding hydrogens is 514 g/mol. The van der Waals surface area contributed by atoms with Crippen LogP contribution in [0.15, 0.2) is 65.6 Å². The van der Waals surface area contributed by atoms with Crippen LogP contribution in [0.3, 0.4) is 0 Å². The molecule has 1 fully saturated rings. The van der Waals surface area contributed by atoms with Gasteiger partial charge in [-0.25, -0.2) is 14.8 Å². The van der Waals surface area contributed by atoms with Crippen LogP contribution < -0.4 is 16.0 Å². The second kappa shape index (κ2) is 19.0. The van der Waals surface area contributed by atoms with E-state index >= 15 is 0 Å². The molecule has 2 aromatic carbocycles. The average Bonchev–Trinajstić information content (AvgIpc) is 3.71. The van der Waals surface area contributed by atoms with Crippen molar-refractivity contribution in [3.63, 3.8) is 0 Å². The van der Waals surface area contributed by atoms with E-state index in [1.54, 1.807) is 0 Å². The maximum absolute atomic E-state index is 11.7. The van der Waals surface area contributed by atoms with Crippen LogP contribution in [0.25, 0.3) is 11.4 Å². The molecule has 2 amide bonds. The summed E-state index contributed by atoms with van der Waals surface area (Å²) in [5.74, 6) is 1.32. The van der Waals surface area contributed by atoms with Crippen LogP contribution in [0.5, 0.6) is 0 Å². The number of nitrogens with zero attached hydrogens (tertiary/aromatic N) is 2. The minimum Gasteiger partial charge on any atom is -0.412 e. The van der Waals surface area contributed by atoms with Crippen molar-refractivity contribution in [1.82, 2.24) is 15.3 Å². The Morgan fingerprint density at radius 2 is 1.62 bits per heavy atom. The highest BCUT2D eigenvalue weighted by Crippen LogP contribution is 2.59. The second-order valence-corrected chi connectivity index (χ2v) is 9.75. The zero-order valence-corrected chi connectivity index (χ0v) is 24.5. The third kappa shape index (κ3) is 11.2. The van der Waals surface area contributed by atoms with Gasteiger partial charge in [0.25, 0.3) is 0 Å². The van der Waals surface area contributed by atoms with Gasteiger partial charge in [0.1, 0.15) is 5.82 Å². The Morgan fingerprint density at radius 1 is 1.00 bits per heavy atom. The van der Waals surface area contributed by atoms with Gasteiger partial charge in [0, 0.05) is 38.2 Å². The fourth-order valence-electron chi connectivity index (χ4n) is 3.36.